The van der Waals surface area contributed by atoms with Crippen molar-refractivity contribution in [3.8, 4) is 0 Å². The summed E-state index contributed by atoms with van der Waals surface area (Å²) in [6.07, 6.45) is 12.4. The summed E-state index contributed by atoms with van der Waals surface area (Å²) in [6.45, 7) is 3.71. The third-order valence-corrected chi connectivity index (χ3v) is 2.99. The first-order chi connectivity index (χ1) is 9.33. The SMILES string of the molecule is C=CCCCCCCCCC(=O)Nc1ccccn1. The number of hydrogen-bond acceptors (Lipinski definition) is 2. The number of pyridine rings is 1. The van der Waals surface area contributed by atoms with Gasteiger partial charge in [0.2, 0.25) is 5.91 Å². The van der Waals surface area contributed by atoms with Crippen LogP contribution in [0.25, 0.3) is 0 Å². The summed E-state index contributed by atoms with van der Waals surface area (Å²) >= 11 is 0. The summed E-state index contributed by atoms with van der Waals surface area (Å²) in [5.74, 6) is 0.697. The van der Waals surface area contributed by atoms with E-state index in [9.17, 15) is 4.79 Å². The average Bonchev–Trinajstić information content (AvgIpc) is 2.43. The Morgan fingerprint density at radius 2 is 1.89 bits per heavy atom. The molecule has 0 saturated heterocycles. The number of carbonyl (C=O) groups excluding carboxylic acids is 1. The van der Waals surface area contributed by atoms with Gasteiger partial charge in [-0.15, -0.1) is 6.58 Å². The van der Waals surface area contributed by atoms with Crippen molar-refractivity contribution >= 4 is 11.7 Å². The molecular formula is C16H24N2O. The van der Waals surface area contributed by atoms with Crippen LogP contribution < -0.4 is 5.32 Å². The van der Waals surface area contributed by atoms with E-state index < -0.39 is 0 Å². The summed E-state index contributed by atoms with van der Waals surface area (Å²) in [5, 5.41) is 2.80. The molecule has 19 heavy (non-hydrogen) atoms. The molecule has 0 radical (unpaired) electrons. The van der Waals surface area contributed by atoms with Crippen LogP contribution in [-0.2, 0) is 4.79 Å². The number of rotatable bonds is 10. The van der Waals surface area contributed by atoms with Crippen LogP contribution in [0.3, 0.4) is 0 Å². The van der Waals surface area contributed by atoms with Gasteiger partial charge in [0.15, 0.2) is 0 Å². The molecule has 1 aromatic rings. The first kappa shape index (κ1) is 15.4. The van der Waals surface area contributed by atoms with Gasteiger partial charge in [0.05, 0.1) is 0 Å². The monoisotopic (exact) mass is 260 g/mol. The Bertz CT molecular complexity index is 362. The lowest BCUT2D eigenvalue weighted by Crippen LogP contribution is -2.11. The molecule has 3 heteroatoms. The number of aromatic nitrogens is 1. The van der Waals surface area contributed by atoms with Gasteiger partial charge in [0, 0.05) is 12.6 Å². The smallest absolute Gasteiger partial charge is 0.225 e. The van der Waals surface area contributed by atoms with E-state index in [1.807, 2.05) is 18.2 Å². The van der Waals surface area contributed by atoms with Crippen molar-refractivity contribution in [2.75, 3.05) is 5.32 Å². The predicted octanol–water partition coefficient (Wildman–Crippen LogP) is 4.33. The lowest BCUT2D eigenvalue weighted by atomic mass is 10.1. The molecule has 1 rings (SSSR count). The number of amides is 1. The van der Waals surface area contributed by atoms with Gasteiger partial charge in [-0.3, -0.25) is 4.79 Å². The topological polar surface area (TPSA) is 42.0 Å². The van der Waals surface area contributed by atoms with Crippen LogP contribution in [-0.4, -0.2) is 10.9 Å². The highest BCUT2D eigenvalue weighted by Crippen LogP contribution is 2.09. The number of allylic oxidation sites excluding steroid dienone is 1. The van der Waals surface area contributed by atoms with Gasteiger partial charge in [0.25, 0.3) is 0 Å². The number of nitrogens with zero attached hydrogens (tertiary/aromatic N) is 1. The minimum Gasteiger partial charge on any atom is -0.311 e. The minimum atomic E-state index is 0.0605. The lowest BCUT2D eigenvalue weighted by Gasteiger charge is -2.04. The third-order valence-electron chi connectivity index (χ3n) is 2.99. The fourth-order valence-corrected chi connectivity index (χ4v) is 1.92. The van der Waals surface area contributed by atoms with Crippen LogP contribution in [0.1, 0.15) is 51.4 Å². The first-order valence-electron chi connectivity index (χ1n) is 7.14. The van der Waals surface area contributed by atoms with E-state index in [1.54, 1.807) is 12.3 Å². The molecule has 3 nitrogen and oxygen atoms in total. The van der Waals surface area contributed by atoms with E-state index in [1.165, 1.54) is 25.7 Å². The molecule has 0 aliphatic rings. The Morgan fingerprint density at radius 3 is 2.58 bits per heavy atom. The van der Waals surface area contributed by atoms with Crippen molar-refractivity contribution in [3.05, 3.63) is 37.1 Å². The van der Waals surface area contributed by atoms with Crippen LogP contribution in [0, 0.1) is 0 Å². The third kappa shape index (κ3) is 8.14. The minimum absolute atomic E-state index is 0.0605. The average molecular weight is 260 g/mol. The molecule has 0 atom stereocenters. The zero-order valence-corrected chi connectivity index (χ0v) is 11.6. The van der Waals surface area contributed by atoms with Crippen molar-refractivity contribution in [3.63, 3.8) is 0 Å². The zero-order chi connectivity index (χ0) is 13.8. The molecular weight excluding hydrogens is 236 g/mol. The number of hydrogen-bond donors (Lipinski definition) is 1. The van der Waals surface area contributed by atoms with Gasteiger partial charge in [-0.2, -0.15) is 0 Å². The highest BCUT2D eigenvalue weighted by Gasteiger charge is 2.02. The Morgan fingerprint density at radius 1 is 1.16 bits per heavy atom. The maximum Gasteiger partial charge on any atom is 0.225 e. The molecule has 0 aliphatic heterocycles. The van der Waals surface area contributed by atoms with E-state index in [4.69, 9.17) is 0 Å². The highest BCUT2D eigenvalue weighted by atomic mass is 16.1. The van der Waals surface area contributed by atoms with E-state index in [0.29, 0.717) is 12.2 Å². The summed E-state index contributed by atoms with van der Waals surface area (Å²) in [7, 11) is 0. The van der Waals surface area contributed by atoms with E-state index in [0.717, 1.165) is 19.3 Å². The molecule has 1 heterocycles. The van der Waals surface area contributed by atoms with Crippen molar-refractivity contribution in [2.45, 2.75) is 51.4 Å². The molecule has 1 N–H and O–H groups in total. The Balaban J connectivity index is 1.97. The van der Waals surface area contributed by atoms with Gasteiger partial charge in [-0.25, -0.2) is 4.98 Å². The van der Waals surface area contributed by atoms with Crippen molar-refractivity contribution in [1.29, 1.82) is 0 Å². The Kier molecular flexibility index (Phi) is 8.36. The fourth-order valence-electron chi connectivity index (χ4n) is 1.92. The second-order valence-electron chi connectivity index (χ2n) is 4.71. The quantitative estimate of drug-likeness (QED) is 0.502. The Hall–Kier alpha value is -1.64. The normalized spacial score (nSPS) is 10.1. The zero-order valence-electron chi connectivity index (χ0n) is 11.6. The standard InChI is InChI=1S/C16H24N2O/c1-2-3-4-5-6-7-8-9-13-16(19)18-15-12-10-11-14-17-15/h2,10-12,14H,1,3-9,13H2,(H,17,18,19). The maximum atomic E-state index is 11.6. The number of anilines is 1. The second kappa shape index (κ2) is 10.3. The van der Waals surface area contributed by atoms with E-state index in [2.05, 4.69) is 16.9 Å². The summed E-state index contributed by atoms with van der Waals surface area (Å²) < 4.78 is 0. The second-order valence-corrected chi connectivity index (χ2v) is 4.71. The van der Waals surface area contributed by atoms with Crippen molar-refractivity contribution < 1.29 is 4.79 Å². The Labute approximate surface area is 116 Å². The molecule has 0 fully saturated rings. The highest BCUT2D eigenvalue weighted by molar-refractivity contribution is 5.89. The molecule has 1 aromatic heterocycles. The molecule has 0 unspecified atom stereocenters. The molecule has 104 valence electrons. The molecule has 1 amide bonds. The number of unbranched alkanes of at least 4 members (excludes halogenated alkanes) is 6. The molecule has 0 bridgehead atoms. The van der Waals surface area contributed by atoms with Gasteiger partial charge in [-0.1, -0.05) is 37.8 Å². The van der Waals surface area contributed by atoms with Crippen molar-refractivity contribution in [1.82, 2.24) is 4.98 Å². The number of carbonyl (C=O) groups is 1. The molecule has 0 spiro atoms. The summed E-state index contributed by atoms with van der Waals surface area (Å²) in [6, 6.07) is 5.51. The largest absolute Gasteiger partial charge is 0.311 e. The van der Waals surface area contributed by atoms with E-state index in [-0.39, 0.29) is 5.91 Å². The predicted molar refractivity (Wildman–Crippen MR) is 80.0 cm³/mol. The number of nitrogens with one attached hydrogen (secondary N) is 1. The van der Waals surface area contributed by atoms with Crippen LogP contribution in [0.5, 0.6) is 0 Å². The lowest BCUT2D eigenvalue weighted by molar-refractivity contribution is -0.116. The van der Waals surface area contributed by atoms with E-state index >= 15 is 0 Å². The van der Waals surface area contributed by atoms with Gasteiger partial charge >= 0.3 is 0 Å². The maximum absolute atomic E-state index is 11.6. The van der Waals surface area contributed by atoms with Crippen LogP contribution in [0.15, 0.2) is 37.1 Å². The van der Waals surface area contributed by atoms with Crippen molar-refractivity contribution in [2.24, 2.45) is 0 Å². The molecule has 0 aromatic carbocycles. The van der Waals surface area contributed by atoms with Crippen LogP contribution in [0.4, 0.5) is 5.82 Å². The fraction of sp³-hybridized carbons (Fsp3) is 0.500. The first-order valence-corrected chi connectivity index (χ1v) is 7.14. The van der Waals surface area contributed by atoms with Gasteiger partial charge < -0.3 is 5.32 Å². The van der Waals surface area contributed by atoms with Gasteiger partial charge in [-0.05, 0) is 31.4 Å². The van der Waals surface area contributed by atoms with Crippen LogP contribution in [0.2, 0.25) is 0 Å². The van der Waals surface area contributed by atoms with Gasteiger partial charge in [0.1, 0.15) is 5.82 Å². The summed E-state index contributed by atoms with van der Waals surface area (Å²) in [4.78, 5) is 15.7. The summed E-state index contributed by atoms with van der Waals surface area (Å²) in [5.41, 5.74) is 0. The van der Waals surface area contributed by atoms with Crippen LogP contribution >= 0.6 is 0 Å². The molecule has 0 saturated carbocycles. The molecule has 0 aliphatic carbocycles.